The van der Waals surface area contributed by atoms with Gasteiger partial charge >= 0.3 is 0 Å². The number of hydrogen-bond acceptors (Lipinski definition) is 4. The molecule has 0 bridgehead atoms. The molecule has 0 heterocycles. The second-order valence-electron chi connectivity index (χ2n) is 6.13. The van der Waals surface area contributed by atoms with Crippen molar-refractivity contribution in [2.45, 2.75) is 19.0 Å². The lowest BCUT2D eigenvalue weighted by Gasteiger charge is -2.18. The SMILES string of the molecule is CS(=O)(=O)CC[C@@H](NC(=O)c1ccccc1Br)C(=O)NCc1ccccc1. The van der Waals surface area contributed by atoms with E-state index in [1.807, 2.05) is 30.3 Å². The summed E-state index contributed by atoms with van der Waals surface area (Å²) in [4.78, 5) is 25.1. The molecule has 0 aliphatic heterocycles. The Hall–Kier alpha value is -2.19. The zero-order valence-electron chi connectivity index (χ0n) is 14.8. The van der Waals surface area contributed by atoms with Crippen LogP contribution in [0.3, 0.4) is 0 Å². The van der Waals surface area contributed by atoms with Crippen molar-refractivity contribution < 1.29 is 18.0 Å². The molecule has 2 aromatic rings. The van der Waals surface area contributed by atoms with Crippen LogP contribution < -0.4 is 10.6 Å². The van der Waals surface area contributed by atoms with E-state index in [4.69, 9.17) is 0 Å². The first-order valence-corrected chi connectivity index (χ1v) is 11.2. The lowest BCUT2D eigenvalue weighted by atomic mass is 10.1. The van der Waals surface area contributed by atoms with Crippen LogP contribution in [0.4, 0.5) is 0 Å². The quantitative estimate of drug-likeness (QED) is 0.642. The average molecular weight is 453 g/mol. The molecule has 144 valence electrons. The van der Waals surface area contributed by atoms with Gasteiger partial charge in [-0.3, -0.25) is 9.59 Å². The topological polar surface area (TPSA) is 92.3 Å². The number of amides is 2. The molecule has 2 amide bonds. The number of benzene rings is 2. The molecule has 0 aromatic heterocycles. The number of carbonyl (C=O) groups excluding carboxylic acids is 2. The van der Waals surface area contributed by atoms with Crippen LogP contribution in [-0.2, 0) is 21.2 Å². The highest BCUT2D eigenvalue weighted by Gasteiger charge is 2.23. The minimum Gasteiger partial charge on any atom is -0.350 e. The van der Waals surface area contributed by atoms with Crippen molar-refractivity contribution in [3.8, 4) is 0 Å². The fraction of sp³-hybridized carbons (Fsp3) is 0.263. The number of carbonyl (C=O) groups is 2. The number of nitrogens with one attached hydrogen (secondary N) is 2. The van der Waals surface area contributed by atoms with Crippen LogP contribution in [0.5, 0.6) is 0 Å². The van der Waals surface area contributed by atoms with Crippen molar-refractivity contribution >= 4 is 37.6 Å². The summed E-state index contributed by atoms with van der Waals surface area (Å²) in [5, 5.41) is 5.38. The summed E-state index contributed by atoms with van der Waals surface area (Å²) < 4.78 is 23.6. The van der Waals surface area contributed by atoms with Gasteiger partial charge in [0.05, 0.1) is 11.3 Å². The Morgan fingerprint density at radius 1 is 1.04 bits per heavy atom. The number of hydrogen-bond donors (Lipinski definition) is 2. The van der Waals surface area contributed by atoms with Crippen LogP contribution in [0.1, 0.15) is 22.3 Å². The van der Waals surface area contributed by atoms with Gasteiger partial charge in [0.1, 0.15) is 15.9 Å². The third-order valence-corrected chi connectivity index (χ3v) is 5.50. The molecule has 2 N–H and O–H groups in total. The predicted octanol–water partition coefficient (Wildman–Crippen LogP) is 2.30. The molecular weight excluding hydrogens is 432 g/mol. The molecule has 8 heteroatoms. The van der Waals surface area contributed by atoms with Crippen LogP contribution in [0, 0.1) is 0 Å². The van der Waals surface area contributed by atoms with Gasteiger partial charge in [0.2, 0.25) is 5.91 Å². The first-order chi connectivity index (χ1) is 12.8. The molecule has 6 nitrogen and oxygen atoms in total. The molecule has 0 aliphatic carbocycles. The number of halogens is 1. The minimum atomic E-state index is -3.27. The molecule has 0 fully saturated rings. The second kappa shape index (κ2) is 9.66. The summed E-state index contributed by atoms with van der Waals surface area (Å²) in [5.41, 5.74) is 1.28. The Morgan fingerprint density at radius 3 is 2.30 bits per heavy atom. The monoisotopic (exact) mass is 452 g/mol. The number of rotatable bonds is 8. The van der Waals surface area contributed by atoms with Gasteiger partial charge in [-0.1, -0.05) is 42.5 Å². The van der Waals surface area contributed by atoms with Crippen molar-refractivity contribution in [2.24, 2.45) is 0 Å². The summed E-state index contributed by atoms with van der Waals surface area (Å²) in [6, 6.07) is 15.2. The van der Waals surface area contributed by atoms with E-state index in [9.17, 15) is 18.0 Å². The van der Waals surface area contributed by atoms with Gasteiger partial charge in [-0.15, -0.1) is 0 Å². The van der Waals surface area contributed by atoms with E-state index in [2.05, 4.69) is 26.6 Å². The predicted molar refractivity (Wildman–Crippen MR) is 108 cm³/mol. The van der Waals surface area contributed by atoms with E-state index in [0.717, 1.165) is 11.8 Å². The summed E-state index contributed by atoms with van der Waals surface area (Å²) in [7, 11) is -3.27. The first kappa shape index (κ1) is 21.1. The van der Waals surface area contributed by atoms with Crippen LogP contribution in [-0.4, -0.2) is 38.3 Å². The van der Waals surface area contributed by atoms with Crippen molar-refractivity contribution in [1.82, 2.24) is 10.6 Å². The molecule has 0 radical (unpaired) electrons. The second-order valence-corrected chi connectivity index (χ2v) is 9.24. The van der Waals surface area contributed by atoms with Gasteiger partial charge in [0.15, 0.2) is 0 Å². The smallest absolute Gasteiger partial charge is 0.253 e. The molecular formula is C19H21BrN2O4S. The van der Waals surface area contributed by atoms with E-state index < -0.39 is 27.7 Å². The summed E-state index contributed by atoms with van der Waals surface area (Å²) >= 11 is 3.30. The summed E-state index contributed by atoms with van der Waals surface area (Å²) in [6.07, 6.45) is 1.09. The van der Waals surface area contributed by atoms with Crippen LogP contribution in [0.2, 0.25) is 0 Å². The zero-order chi connectivity index (χ0) is 19.9. The molecule has 0 spiro atoms. The van der Waals surface area contributed by atoms with Gasteiger partial charge in [0, 0.05) is 17.3 Å². The lowest BCUT2D eigenvalue weighted by Crippen LogP contribution is -2.47. The fourth-order valence-electron chi connectivity index (χ4n) is 2.39. The third-order valence-electron chi connectivity index (χ3n) is 3.83. The van der Waals surface area contributed by atoms with Crippen LogP contribution in [0.15, 0.2) is 59.1 Å². The molecule has 0 aliphatic rings. The van der Waals surface area contributed by atoms with Gasteiger partial charge < -0.3 is 10.6 Å². The standard InChI is InChI=1S/C19H21BrN2O4S/c1-27(25,26)12-11-17(19(24)21-13-14-7-3-2-4-8-14)22-18(23)15-9-5-6-10-16(15)20/h2-10,17H,11-13H2,1H3,(H,21,24)(H,22,23)/t17-/m1/s1. The third kappa shape index (κ3) is 7.15. The van der Waals surface area contributed by atoms with E-state index in [1.54, 1.807) is 24.3 Å². The highest BCUT2D eigenvalue weighted by Crippen LogP contribution is 2.16. The maximum absolute atomic E-state index is 12.6. The molecule has 0 saturated carbocycles. The zero-order valence-corrected chi connectivity index (χ0v) is 17.2. The molecule has 2 rings (SSSR count). The summed E-state index contributed by atoms with van der Waals surface area (Å²) in [6.45, 7) is 0.292. The Kier molecular flexibility index (Phi) is 7.55. The number of sulfone groups is 1. The van der Waals surface area contributed by atoms with Crippen LogP contribution in [0.25, 0.3) is 0 Å². The Morgan fingerprint density at radius 2 is 1.67 bits per heavy atom. The van der Waals surface area contributed by atoms with Gasteiger partial charge in [-0.05, 0) is 40.0 Å². The maximum atomic E-state index is 12.6. The average Bonchev–Trinajstić information content (AvgIpc) is 2.63. The lowest BCUT2D eigenvalue weighted by molar-refractivity contribution is -0.123. The van der Waals surface area contributed by atoms with E-state index in [1.165, 1.54) is 0 Å². The van der Waals surface area contributed by atoms with E-state index in [0.29, 0.717) is 16.6 Å². The molecule has 1 atom stereocenters. The van der Waals surface area contributed by atoms with Crippen LogP contribution >= 0.6 is 15.9 Å². The van der Waals surface area contributed by atoms with Gasteiger partial charge in [0.25, 0.3) is 5.91 Å². The van der Waals surface area contributed by atoms with Gasteiger partial charge in [-0.2, -0.15) is 0 Å². The van der Waals surface area contributed by atoms with Crippen molar-refractivity contribution in [1.29, 1.82) is 0 Å². The maximum Gasteiger partial charge on any atom is 0.253 e. The largest absolute Gasteiger partial charge is 0.350 e. The van der Waals surface area contributed by atoms with Crippen molar-refractivity contribution in [2.75, 3.05) is 12.0 Å². The Labute approximate surface area is 167 Å². The van der Waals surface area contributed by atoms with E-state index >= 15 is 0 Å². The first-order valence-electron chi connectivity index (χ1n) is 8.31. The highest BCUT2D eigenvalue weighted by molar-refractivity contribution is 9.10. The molecule has 0 unspecified atom stereocenters. The molecule has 0 saturated heterocycles. The fourth-order valence-corrected chi connectivity index (χ4v) is 3.52. The Bertz CT molecular complexity index is 901. The summed E-state index contributed by atoms with van der Waals surface area (Å²) in [5.74, 6) is -1.08. The van der Waals surface area contributed by atoms with E-state index in [-0.39, 0.29) is 12.2 Å². The molecule has 27 heavy (non-hydrogen) atoms. The van der Waals surface area contributed by atoms with Crippen molar-refractivity contribution in [3.63, 3.8) is 0 Å². The normalized spacial score (nSPS) is 12.2. The van der Waals surface area contributed by atoms with Gasteiger partial charge in [-0.25, -0.2) is 8.42 Å². The van der Waals surface area contributed by atoms with Crippen molar-refractivity contribution in [3.05, 3.63) is 70.2 Å². The minimum absolute atomic E-state index is 0.00432. The Balaban J connectivity index is 2.08. The highest BCUT2D eigenvalue weighted by atomic mass is 79.9. The molecule has 2 aromatic carbocycles.